The van der Waals surface area contributed by atoms with Crippen LogP contribution in [0.5, 0.6) is 11.5 Å². The second-order valence-electron chi connectivity index (χ2n) is 5.03. The number of benzene rings is 1. The second kappa shape index (κ2) is 8.74. The Morgan fingerprint density at radius 2 is 2.19 bits per heavy atom. The highest BCUT2D eigenvalue weighted by molar-refractivity contribution is 5.85. The highest BCUT2D eigenvalue weighted by Crippen LogP contribution is 2.18. The summed E-state index contributed by atoms with van der Waals surface area (Å²) in [6.45, 7) is 3.14. The number of amides is 1. The van der Waals surface area contributed by atoms with Gasteiger partial charge < -0.3 is 20.1 Å². The number of piperidine rings is 1. The highest BCUT2D eigenvalue weighted by Gasteiger charge is 2.22. The molecular formula is C15H23ClN2O3. The van der Waals surface area contributed by atoms with Crippen LogP contribution in [0.2, 0.25) is 0 Å². The molecule has 1 amide bonds. The molecule has 0 saturated carbocycles. The molecule has 2 unspecified atom stereocenters. The molecule has 1 aromatic carbocycles. The van der Waals surface area contributed by atoms with E-state index in [2.05, 4.69) is 17.6 Å². The molecule has 1 fully saturated rings. The van der Waals surface area contributed by atoms with Crippen LogP contribution in [-0.4, -0.2) is 38.3 Å². The molecule has 1 aromatic rings. The molecule has 0 aliphatic carbocycles. The van der Waals surface area contributed by atoms with Crippen molar-refractivity contribution in [3.05, 3.63) is 24.3 Å². The van der Waals surface area contributed by atoms with Gasteiger partial charge in [0.25, 0.3) is 5.91 Å². The minimum Gasteiger partial charge on any atom is -0.497 e. The van der Waals surface area contributed by atoms with Gasteiger partial charge in [-0.15, -0.1) is 12.4 Å². The van der Waals surface area contributed by atoms with Gasteiger partial charge in [0.2, 0.25) is 0 Å². The van der Waals surface area contributed by atoms with Crippen molar-refractivity contribution in [2.24, 2.45) is 0 Å². The lowest BCUT2D eigenvalue weighted by atomic mass is 10.00. The number of rotatable bonds is 5. The predicted octanol–water partition coefficient (Wildman–Crippen LogP) is 1.75. The monoisotopic (exact) mass is 314 g/mol. The maximum atomic E-state index is 11.9. The molecule has 2 N–H and O–H groups in total. The summed E-state index contributed by atoms with van der Waals surface area (Å²) in [7, 11) is 1.60. The number of halogens is 1. The average Bonchev–Trinajstić information content (AvgIpc) is 2.48. The molecule has 5 nitrogen and oxygen atoms in total. The van der Waals surface area contributed by atoms with Crippen molar-refractivity contribution >= 4 is 18.3 Å². The first-order valence-electron chi connectivity index (χ1n) is 6.98. The maximum Gasteiger partial charge on any atom is 0.258 e. The van der Waals surface area contributed by atoms with E-state index < -0.39 is 0 Å². The van der Waals surface area contributed by atoms with Crippen molar-refractivity contribution in [1.82, 2.24) is 10.6 Å². The van der Waals surface area contributed by atoms with Gasteiger partial charge in [-0.25, -0.2) is 0 Å². The van der Waals surface area contributed by atoms with E-state index in [4.69, 9.17) is 9.47 Å². The summed E-state index contributed by atoms with van der Waals surface area (Å²) in [5.74, 6) is 1.26. The lowest BCUT2D eigenvalue weighted by Crippen LogP contribution is -2.52. The van der Waals surface area contributed by atoms with E-state index in [1.807, 2.05) is 12.1 Å². The van der Waals surface area contributed by atoms with Crippen molar-refractivity contribution < 1.29 is 14.3 Å². The van der Waals surface area contributed by atoms with Crippen LogP contribution in [0.3, 0.4) is 0 Å². The Kier molecular flexibility index (Phi) is 7.32. The minimum absolute atomic E-state index is 0. The molecule has 1 aliphatic rings. The average molecular weight is 315 g/mol. The van der Waals surface area contributed by atoms with Crippen molar-refractivity contribution in [1.29, 1.82) is 0 Å². The zero-order valence-corrected chi connectivity index (χ0v) is 13.2. The number of nitrogens with one attached hydrogen (secondary N) is 2. The van der Waals surface area contributed by atoms with E-state index >= 15 is 0 Å². The Balaban J connectivity index is 0.00000220. The molecule has 1 aliphatic heterocycles. The van der Waals surface area contributed by atoms with Gasteiger partial charge in [0, 0.05) is 18.2 Å². The third kappa shape index (κ3) is 5.44. The fraction of sp³-hybridized carbons (Fsp3) is 0.533. The van der Waals surface area contributed by atoms with Crippen LogP contribution in [0.1, 0.15) is 19.8 Å². The van der Waals surface area contributed by atoms with E-state index in [0.717, 1.165) is 19.4 Å². The molecule has 1 heterocycles. The number of hydrogen-bond donors (Lipinski definition) is 2. The number of hydrogen-bond acceptors (Lipinski definition) is 4. The molecule has 2 rings (SSSR count). The van der Waals surface area contributed by atoms with E-state index in [9.17, 15) is 4.79 Å². The Morgan fingerprint density at radius 3 is 2.90 bits per heavy atom. The van der Waals surface area contributed by atoms with E-state index in [-0.39, 0.29) is 31.0 Å². The van der Waals surface area contributed by atoms with E-state index in [1.54, 1.807) is 19.2 Å². The number of carbonyl (C=O) groups is 1. The third-order valence-electron chi connectivity index (χ3n) is 3.52. The topological polar surface area (TPSA) is 59.6 Å². The summed E-state index contributed by atoms with van der Waals surface area (Å²) in [5, 5.41) is 6.36. The van der Waals surface area contributed by atoms with E-state index in [0.29, 0.717) is 17.5 Å². The van der Waals surface area contributed by atoms with Crippen molar-refractivity contribution in [3.63, 3.8) is 0 Å². The summed E-state index contributed by atoms with van der Waals surface area (Å²) < 4.78 is 10.6. The Labute approximate surface area is 131 Å². The van der Waals surface area contributed by atoms with Crippen LogP contribution in [0, 0.1) is 0 Å². The first-order valence-corrected chi connectivity index (χ1v) is 6.98. The molecule has 0 aromatic heterocycles. The second-order valence-corrected chi connectivity index (χ2v) is 5.03. The lowest BCUT2D eigenvalue weighted by Gasteiger charge is -2.30. The Hall–Kier alpha value is -1.46. The van der Waals surface area contributed by atoms with E-state index in [1.165, 1.54) is 0 Å². The van der Waals surface area contributed by atoms with Crippen molar-refractivity contribution in [2.45, 2.75) is 31.8 Å². The Morgan fingerprint density at radius 1 is 1.43 bits per heavy atom. The van der Waals surface area contributed by atoms with Gasteiger partial charge in [-0.1, -0.05) is 6.07 Å². The molecule has 1 saturated heterocycles. The van der Waals surface area contributed by atoms with Crippen LogP contribution in [0.25, 0.3) is 0 Å². The molecule has 0 spiro atoms. The zero-order chi connectivity index (χ0) is 14.4. The normalized spacial score (nSPS) is 21.0. The predicted molar refractivity (Wildman–Crippen MR) is 84.4 cm³/mol. The molecular weight excluding hydrogens is 292 g/mol. The van der Waals surface area contributed by atoms with Gasteiger partial charge in [0.05, 0.1) is 7.11 Å². The van der Waals surface area contributed by atoms with Gasteiger partial charge in [-0.2, -0.15) is 0 Å². The first kappa shape index (κ1) is 17.6. The SMILES string of the molecule is COc1cccc(OCC(=O)NC2CCCNC2C)c1.Cl. The van der Waals surface area contributed by atoms with Crippen molar-refractivity contribution in [3.8, 4) is 11.5 Å². The van der Waals surface area contributed by atoms with Crippen LogP contribution in [0.15, 0.2) is 24.3 Å². The van der Waals surface area contributed by atoms with Crippen LogP contribution < -0.4 is 20.1 Å². The lowest BCUT2D eigenvalue weighted by molar-refractivity contribution is -0.124. The summed E-state index contributed by atoms with van der Waals surface area (Å²) in [6.07, 6.45) is 2.10. The molecule has 21 heavy (non-hydrogen) atoms. The standard InChI is InChI=1S/C15H22N2O3.ClH/c1-11-14(7-4-8-16-11)17-15(18)10-20-13-6-3-5-12(9-13)19-2;/h3,5-6,9,11,14,16H,4,7-8,10H2,1-2H3,(H,17,18);1H. The maximum absolute atomic E-state index is 11.9. The molecule has 0 radical (unpaired) electrons. The number of ether oxygens (including phenoxy) is 2. The first-order chi connectivity index (χ1) is 9.69. The van der Waals surface area contributed by atoms with Crippen LogP contribution in [-0.2, 0) is 4.79 Å². The van der Waals surface area contributed by atoms with Gasteiger partial charge in [-0.3, -0.25) is 4.79 Å². The smallest absolute Gasteiger partial charge is 0.258 e. The number of carbonyl (C=O) groups excluding carboxylic acids is 1. The molecule has 2 atom stereocenters. The summed E-state index contributed by atoms with van der Waals surface area (Å²) in [5.41, 5.74) is 0. The fourth-order valence-electron chi connectivity index (χ4n) is 2.33. The molecule has 0 bridgehead atoms. The van der Waals surface area contributed by atoms with Crippen LogP contribution >= 0.6 is 12.4 Å². The molecule has 118 valence electrons. The number of methoxy groups -OCH3 is 1. The minimum atomic E-state index is -0.0895. The summed E-state index contributed by atoms with van der Waals surface area (Å²) in [6, 6.07) is 7.73. The largest absolute Gasteiger partial charge is 0.497 e. The van der Waals surface area contributed by atoms with Gasteiger partial charge in [0.1, 0.15) is 11.5 Å². The quantitative estimate of drug-likeness (QED) is 0.869. The summed E-state index contributed by atoms with van der Waals surface area (Å²) in [4.78, 5) is 11.9. The van der Waals surface area contributed by atoms with Crippen LogP contribution in [0.4, 0.5) is 0 Å². The Bertz CT molecular complexity index is 456. The van der Waals surface area contributed by atoms with Gasteiger partial charge in [-0.05, 0) is 38.4 Å². The summed E-state index contributed by atoms with van der Waals surface area (Å²) >= 11 is 0. The fourth-order valence-corrected chi connectivity index (χ4v) is 2.33. The highest BCUT2D eigenvalue weighted by atomic mass is 35.5. The van der Waals surface area contributed by atoms with Gasteiger partial charge in [0.15, 0.2) is 6.61 Å². The van der Waals surface area contributed by atoms with Gasteiger partial charge >= 0.3 is 0 Å². The zero-order valence-electron chi connectivity index (χ0n) is 12.4. The third-order valence-corrected chi connectivity index (χ3v) is 3.52. The molecule has 6 heteroatoms. The van der Waals surface area contributed by atoms with Crippen molar-refractivity contribution in [2.75, 3.05) is 20.3 Å².